The average Bonchev–Trinajstić information content (AvgIpc) is 2.86. The van der Waals surface area contributed by atoms with Crippen molar-refractivity contribution in [1.29, 1.82) is 0 Å². The molecule has 126 valence electrons. The first-order valence-corrected chi connectivity index (χ1v) is 8.54. The highest BCUT2D eigenvalue weighted by atomic mass is 32.1. The second kappa shape index (κ2) is 7.75. The summed E-state index contributed by atoms with van der Waals surface area (Å²) in [5, 5.41) is 9.68. The first kappa shape index (κ1) is 17.7. The SMILES string of the molecule is CC(C)(C)OC(=O)CCc1nc2ccc(OCCCO)cc2s1. The van der Waals surface area contributed by atoms with Crippen molar-refractivity contribution in [2.24, 2.45) is 0 Å². The van der Waals surface area contributed by atoms with Crippen molar-refractivity contribution in [3.8, 4) is 5.75 Å². The van der Waals surface area contributed by atoms with Gasteiger partial charge in [-0.3, -0.25) is 4.79 Å². The fourth-order valence-electron chi connectivity index (χ4n) is 2.01. The van der Waals surface area contributed by atoms with Crippen molar-refractivity contribution in [1.82, 2.24) is 4.98 Å². The van der Waals surface area contributed by atoms with Gasteiger partial charge in [0.1, 0.15) is 11.4 Å². The number of esters is 1. The molecule has 0 amide bonds. The van der Waals surface area contributed by atoms with Crippen molar-refractivity contribution in [2.75, 3.05) is 13.2 Å². The van der Waals surface area contributed by atoms with Gasteiger partial charge in [0.25, 0.3) is 0 Å². The van der Waals surface area contributed by atoms with Gasteiger partial charge in [-0.2, -0.15) is 0 Å². The van der Waals surface area contributed by atoms with Crippen LogP contribution in [0.25, 0.3) is 10.2 Å². The molecular formula is C17H23NO4S. The van der Waals surface area contributed by atoms with Crippen molar-refractivity contribution in [2.45, 2.75) is 45.6 Å². The van der Waals surface area contributed by atoms with Crippen molar-refractivity contribution in [3.05, 3.63) is 23.2 Å². The molecule has 6 heteroatoms. The summed E-state index contributed by atoms with van der Waals surface area (Å²) in [6, 6.07) is 5.73. The van der Waals surface area contributed by atoms with E-state index in [1.54, 1.807) is 11.3 Å². The number of carbonyl (C=O) groups is 1. The average molecular weight is 337 g/mol. The highest BCUT2D eigenvalue weighted by Gasteiger charge is 2.16. The number of thiazole rings is 1. The van der Waals surface area contributed by atoms with Crippen molar-refractivity contribution < 1.29 is 19.4 Å². The van der Waals surface area contributed by atoms with E-state index in [2.05, 4.69) is 4.98 Å². The standard InChI is InChI=1S/C17H23NO4S/c1-17(2,3)22-16(20)8-7-15-18-13-6-5-12(11-14(13)23-15)21-10-4-9-19/h5-6,11,19H,4,7-10H2,1-3H3. The molecule has 1 N–H and O–H groups in total. The molecule has 1 aromatic heterocycles. The summed E-state index contributed by atoms with van der Waals surface area (Å²) < 4.78 is 11.9. The number of fused-ring (bicyclic) bond motifs is 1. The maximum Gasteiger partial charge on any atom is 0.306 e. The van der Waals surface area contributed by atoms with Crippen LogP contribution in [0.2, 0.25) is 0 Å². The molecule has 0 saturated carbocycles. The quantitative estimate of drug-likeness (QED) is 0.620. The van der Waals surface area contributed by atoms with Gasteiger partial charge in [-0.25, -0.2) is 4.98 Å². The van der Waals surface area contributed by atoms with E-state index in [1.165, 1.54) is 0 Å². The third kappa shape index (κ3) is 5.80. The molecule has 1 heterocycles. The van der Waals surface area contributed by atoms with Gasteiger partial charge in [0, 0.05) is 19.4 Å². The lowest BCUT2D eigenvalue weighted by Crippen LogP contribution is -2.23. The van der Waals surface area contributed by atoms with Crippen LogP contribution in [0, 0.1) is 0 Å². The molecule has 0 aliphatic rings. The molecule has 0 bridgehead atoms. The summed E-state index contributed by atoms with van der Waals surface area (Å²) in [4.78, 5) is 16.3. The number of nitrogens with zero attached hydrogens (tertiary/aromatic N) is 1. The molecular weight excluding hydrogens is 314 g/mol. The Kier molecular flexibility index (Phi) is 5.96. The molecule has 0 aliphatic heterocycles. The lowest BCUT2D eigenvalue weighted by Gasteiger charge is -2.19. The predicted molar refractivity (Wildman–Crippen MR) is 91.0 cm³/mol. The Morgan fingerprint density at radius 3 is 2.83 bits per heavy atom. The fraction of sp³-hybridized carbons (Fsp3) is 0.529. The lowest BCUT2D eigenvalue weighted by atomic mass is 10.2. The number of aliphatic hydroxyl groups is 1. The molecule has 0 atom stereocenters. The minimum Gasteiger partial charge on any atom is -0.493 e. The molecule has 0 unspecified atom stereocenters. The molecule has 1 aromatic carbocycles. The largest absolute Gasteiger partial charge is 0.493 e. The number of carbonyl (C=O) groups excluding carboxylic acids is 1. The van der Waals surface area contributed by atoms with Crippen LogP contribution in [0.5, 0.6) is 5.75 Å². The number of hydrogen-bond acceptors (Lipinski definition) is 6. The number of aliphatic hydroxyl groups excluding tert-OH is 1. The maximum absolute atomic E-state index is 11.8. The molecule has 5 nitrogen and oxygen atoms in total. The first-order valence-electron chi connectivity index (χ1n) is 7.72. The second-order valence-corrected chi connectivity index (χ2v) is 7.36. The van der Waals surface area contributed by atoms with Gasteiger partial charge in [0.15, 0.2) is 0 Å². The summed E-state index contributed by atoms with van der Waals surface area (Å²) in [5.74, 6) is 0.568. The fourth-order valence-corrected chi connectivity index (χ4v) is 3.00. The summed E-state index contributed by atoms with van der Waals surface area (Å²) >= 11 is 1.56. The van der Waals surface area contributed by atoms with E-state index >= 15 is 0 Å². The molecule has 2 aromatic rings. The topological polar surface area (TPSA) is 68.7 Å². The zero-order valence-corrected chi connectivity index (χ0v) is 14.6. The summed E-state index contributed by atoms with van der Waals surface area (Å²) in [6.07, 6.45) is 1.52. The van der Waals surface area contributed by atoms with Crippen LogP contribution in [0.4, 0.5) is 0 Å². The number of aromatic nitrogens is 1. The third-order valence-corrected chi connectivity index (χ3v) is 4.02. The molecule has 0 aliphatic carbocycles. The van der Waals surface area contributed by atoms with E-state index < -0.39 is 5.60 Å². The van der Waals surface area contributed by atoms with Gasteiger partial charge in [0.2, 0.25) is 0 Å². The Morgan fingerprint density at radius 2 is 2.13 bits per heavy atom. The Morgan fingerprint density at radius 1 is 1.35 bits per heavy atom. The Hall–Kier alpha value is -1.66. The highest BCUT2D eigenvalue weighted by Crippen LogP contribution is 2.27. The molecule has 0 radical (unpaired) electrons. The molecule has 0 spiro atoms. The van der Waals surface area contributed by atoms with Gasteiger partial charge in [-0.1, -0.05) is 0 Å². The molecule has 0 fully saturated rings. The first-order chi connectivity index (χ1) is 10.9. The number of ether oxygens (including phenoxy) is 2. The van der Waals surface area contributed by atoms with Crippen molar-refractivity contribution >= 4 is 27.5 Å². The highest BCUT2D eigenvalue weighted by molar-refractivity contribution is 7.18. The van der Waals surface area contributed by atoms with Gasteiger partial charge >= 0.3 is 5.97 Å². The van der Waals surface area contributed by atoms with E-state index in [9.17, 15) is 4.79 Å². The maximum atomic E-state index is 11.8. The van der Waals surface area contributed by atoms with Crippen LogP contribution in [0.1, 0.15) is 38.6 Å². The van der Waals surface area contributed by atoms with E-state index in [0.717, 1.165) is 21.0 Å². The summed E-state index contributed by atoms with van der Waals surface area (Å²) in [6.45, 7) is 6.20. The molecule has 2 rings (SSSR count). The Bertz CT molecular complexity index is 660. The third-order valence-electron chi connectivity index (χ3n) is 2.94. The van der Waals surface area contributed by atoms with Gasteiger partial charge < -0.3 is 14.6 Å². The molecule has 0 saturated heterocycles. The van der Waals surface area contributed by atoms with Crippen LogP contribution in [0.3, 0.4) is 0 Å². The second-order valence-electron chi connectivity index (χ2n) is 6.25. The Labute approximate surface area is 140 Å². The molecule has 23 heavy (non-hydrogen) atoms. The normalized spacial score (nSPS) is 11.7. The number of benzene rings is 1. The minimum absolute atomic E-state index is 0.123. The minimum atomic E-state index is -0.453. The number of hydrogen-bond donors (Lipinski definition) is 1. The van der Waals surface area contributed by atoms with Gasteiger partial charge in [-0.15, -0.1) is 11.3 Å². The smallest absolute Gasteiger partial charge is 0.306 e. The summed E-state index contributed by atoms with van der Waals surface area (Å²) in [7, 11) is 0. The van der Waals surface area contributed by atoms with Crippen LogP contribution < -0.4 is 4.74 Å². The van der Waals surface area contributed by atoms with Gasteiger partial charge in [-0.05, 0) is 39.0 Å². The van der Waals surface area contributed by atoms with E-state index in [0.29, 0.717) is 25.9 Å². The van der Waals surface area contributed by atoms with Crippen LogP contribution in [0.15, 0.2) is 18.2 Å². The zero-order valence-electron chi connectivity index (χ0n) is 13.8. The number of aryl methyl sites for hydroxylation is 1. The zero-order chi connectivity index (χ0) is 16.9. The summed E-state index contributed by atoms with van der Waals surface area (Å²) in [5.41, 5.74) is 0.453. The van der Waals surface area contributed by atoms with E-state index in [-0.39, 0.29) is 12.6 Å². The van der Waals surface area contributed by atoms with Crippen molar-refractivity contribution in [3.63, 3.8) is 0 Å². The van der Waals surface area contributed by atoms with Crippen LogP contribution in [-0.4, -0.2) is 34.9 Å². The Balaban J connectivity index is 1.96. The number of rotatable bonds is 7. The van der Waals surface area contributed by atoms with E-state index in [1.807, 2.05) is 39.0 Å². The van der Waals surface area contributed by atoms with Gasteiger partial charge in [0.05, 0.1) is 28.3 Å². The lowest BCUT2D eigenvalue weighted by molar-refractivity contribution is -0.154. The monoisotopic (exact) mass is 337 g/mol. The predicted octanol–water partition coefficient (Wildman–Crippen LogP) is 3.33. The van der Waals surface area contributed by atoms with Crippen LogP contribution >= 0.6 is 11.3 Å². The van der Waals surface area contributed by atoms with E-state index in [4.69, 9.17) is 14.6 Å². The van der Waals surface area contributed by atoms with Crippen LogP contribution in [-0.2, 0) is 16.0 Å².